The molecule has 9 nitrogen and oxygen atoms in total. The van der Waals surface area contributed by atoms with Gasteiger partial charge in [-0.2, -0.15) is 0 Å². The van der Waals surface area contributed by atoms with Gasteiger partial charge in [0.25, 0.3) is 0 Å². The zero-order valence-corrected chi connectivity index (χ0v) is 18.1. The van der Waals surface area contributed by atoms with Crippen molar-refractivity contribution in [2.45, 2.75) is 38.6 Å². The summed E-state index contributed by atoms with van der Waals surface area (Å²) in [4.78, 5) is 29.6. The second-order valence-electron chi connectivity index (χ2n) is 6.00. The number of nitrogen functional groups attached to an aromatic ring is 1. The molecule has 3 heterocycles. The number of carbonyl (C=O) groups is 2. The number of ether oxygens (including phenoxy) is 2. The maximum Gasteiger partial charge on any atom is 0.348 e. The minimum Gasteiger partial charge on any atom is -0.462 e. The predicted molar refractivity (Wildman–Crippen MR) is 110 cm³/mol. The normalized spacial score (nSPS) is 11.0. The third-order valence-electron chi connectivity index (χ3n) is 3.98. The van der Waals surface area contributed by atoms with Gasteiger partial charge in [0.1, 0.15) is 15.7 Å². The van der Waals surface area contributed by atoms with Crippen molar-refractivity contribution < 1.29 is 19.1 Å². The van der Waals surface area contributed by atoms with E-state index in [1.165, 1.54) is 11.8 Å². The highest BCUT2D eigenvalue weighted by Crippen LogP contribution is 2.36. The Morgan fingerprint density at radius 1 is 1.17 bits per heavy atom. The van der Waals surface area contributed by atoms with E-state index in [9.17, 15) is 9.59 Å². The number of aromatic nitrogens is 4. The average Bonchev–Trinajstić information content (AvgIpc) is 3.21. The Hall–Kier alpha value is -2.66. The number of thiophene rings is 1. The molecule has 2 N–H and O–H groups in total. The molecule has 0 aliphatic heterocycles. The van der Waals surface area contributed by atoms with Crippen molar-refractivity contribution in [2.24, 2.45) is 0 Å². The first kappa shape index (κ1) is 21.1. The van der Waals surface area contributed by atoms with Gasteiger partial charge < -0.3 is 15.2 Å². The van der Waals surface area contributed by atoms with Crippen LogP contribution in [0.25, 0.3) is 5.65 Å². The summed E-state index contributed by atoms with van der Waals surface area (Å²) < 4.78 is 12.1. The predicted octanol–water partition coefficient (Wildman–Crippen LogP) is 3.03. The molecule has 0 atom stereocenters. The first-order chi connectivity index (χ1) is 13.9. The number of hydrogen-bond donors (Lipinski definition) is 1. The number of nitrogens with two attached hydrogens (primary N) is 1. The van der Waals surface area contributed by atoms with E-state index in [0.717, 1.165) is 22.9 Å². The van der Waals surface area contributed by atoms with Crippen LogP contribution in [0.15, 0.2) is 11.2 Å². The number of esters is 2. The van der Waals surface area contributed by atoms with Gasteiger partial charge in [-0.25, -0.2) is 14.6 Å². The van der Waals surface area contributed by atoms with E-state index >= 15 is 0 Å². The van der Waals surface area contributed by atoms with Gasteiger partial charge in [0.15, 0.2) is 10.8 Å². The van der Waals surface area contributed by atoms with Crippen molar-refractivity contribution in [2.75, 3.05) is 18.9 Å². The zero-order valence-electron chi connectivity index (χ0n) is 16.5. The fraction of sp³-hybridized carbons (Fsp3) is 0.389. The van der Waals surface area contributed by atoms with Crippen molar-refractivity contribution in [3.05, 3.63) is 33.6 Å². The van der Waals surface area contributed by atoms with Gasteiger partial charge in [-0.15, -0.1) is 21.5 Å². The fourth-order valence-corrected chi connectivity index (χ4v) is 4.92. The monoisotopic (exact) mass is 435 g/mol. The molecular weight excluding hydrogens is 414 g/mol. The highest BCUT2D eigenvalue weighted by molar-refractivity contribution is 7.98. The third-order valence-corrected chi connectivity index (χ3v) is 5.98. The van der Waals surface area contributed by atoms with E-state index < -0.39 is 11.9 Å². The minimum absolute atomic E-state index is 0.201. The molecule has 0 saturated heterocycles. The summed E-state index contributed by atoms with van der Waals surface area (Å²) in [6.45, 7) is 7.60. The summed E-state index contributed by atoms with van der Waals surface area (Å²) in [7, 11) is 0. The van der Waals surface area contributed by atoms with E-state index in [-0.39, 0.29) is 29.5 Å². The molecule has 3 aromatic heterocycles. The number of hydrogen-bond acceptors (Lipinski definition) is 10. The maximum absolute atomic E-state index is 12.4. The van der Waals surface area contributed by atoms with Gasteiger partial charge in [-0.1, -0.05) is 11.8 Å². The Kier molecular flexibility index (Phi) is 6.38. The van der Waals surface area contributed by atoms with Crippen molar-refractivity contribution in [1.82, 2.24) is 19.6 Å². The topological polar surface area (TPSA) is 122 Å². The van der Waals surface area contributed by atoms with E-state index in [2.05, 4.69) is 15.2 Å². The molecule has 0 fully saturated rings. The molecule has 11 heteroatoms. The molecule has 0 aliphatic carbocycles. The van der Waals surface area contributed by atoms with Gasteiger partial charge in [0.05, 0.1) is 18.8 Å². The summed E-state index contributed by atoms with van der Waals surface area (Å²) in [6, 6.07) is 1.83. The van der Waals surface area contributed by atoms with Gasteiger partial charge in [-0.3, -0.25) is 4.40 Å². The fourth-order valence-electron chi connectivity index (χ4n) is 2.84. The Morgan fingerprint density at radius 3 is 2.55 bits per heavy atom. The number of fused-ring (bicyclic) bond motifs is 1. The van der Waals surface area contributed by atoms with Crippen molar-refractivity contribution in [3.8, 4) is 0 Å². The number of anilines is 1. The molecule has 0 saturated carbocycles. The van der Waals surface area contributed by atoms with Gasteiger partial charge in [0.2, 0.25) is 0 Å². The van der Waals surface area contributed by atoms with Gasteiger partial charge >= 0.3 is 11.9 Å². The van der Waals surface area contributed by atoms with Crippen LogP contribution in [0.5, 0.6) is 0 Å². The van der Waals surface area contributed by atoms with E-state index in [1.807, 2.05) is 24.3 Å². The third kappa shape index (κ3) is 4.20. The summed E-state index contributed by atoms with van der Waals surface area (Å²) >= 11 is 2.35. The van der Waals surface area contributed by atoms with Crippen LogP contribution in [0.3, 0.4) is 0 Å². The molecular formula is C18H21N5O4S2. The summed E-state index contributed by atoms with van der Waals surface area (Å²) in [5.74, 6) is -0.0696. The molecule has 0 bridgehead atoms. The molecule has 3 rings (SSSR count). The smallest absolute Gasteiger partial charge is 0.348 e. The van der Waals surface area contributed by atoms with E-state index in [0.29, 0.717) is 21.2 Å². The number of rotatable bonds is 7. The lowest BCUT2D eigenvalue weighted by atomic mass is 10.1. The van der Waals surface area contributed by atoms with Crippen LogP contribution in [-0.2, 0) is 15.2 Å². The number of nitrogens with zero attached hydrogens (tertiary/aromatic N) is 4. The summed E-state index contributed by atoms with van der Waals surface area (Å²) in [5.41, 5.74) is 8.25. The first-order valence-electron chi connectivity index (χ1n) is 8.94. The van der Waals surface area contributed by atoms with Crippen molar-refractivity contribution in [3.63, 3.8) is 0 Å². The Balaban J connectivity index is 1.99. The molecule has 29 heavy (non-hydrogen) atoms. The van der Waals surface area contributed by atoms with Crippen molar-refractivity contribution in [1.29, 1.82) is 0 Å². The van der Waals surface area contributed by atoms with E-state index in [1.54, 1.807) is 13.8 Å². The molecule has 0 aromatic carbocycles. The molecule has 0 radical (unpaired) electrons. The quantitative estimate of drug-likeness (QED) is 0.441. The van der Waals surface area contributed by atoms with Gasteiger partial charge in [0, 0.05) is 23.1 Å². The van der Waals surface area contributed by atoms with Crippen LogP contribution in [0.2, 0.25) is 0 Å². The average molecular weight is 436 g/mol. The SMILES string of the molecule is CCOC(=O)c1sc(N)c(C(=O)OCC)c1CSc1nnc2cc(C)nc(C)n12. The van der Waals surface area contributed by atoms with Gasteiger partial charge in [-0.05, 0) is 27.7 Å². The zero-order chi connectivity index (χ0) is 21.1. The second kappa shape index (κ2) is 8.78. The lowest BCUT2D eigenvalue weighted by Gasteiger charge is -2.08. The lowest BCUT2D eigenvalue weighted by Crippen LogP contribution is -2.11. The highest BCUT2D eigenvalue weighted by atomic mass is 32.2. The maximum atomic E-state index is 12.4. The van der Waals surface area contributed by atoms with Crippen LogP contribution in [0, 0.1) is 13.8 Å². The first-order valence-corrected chi connectivity index (χ1v) is 10.7. The molecule has 0 aliphatic rings. The molecule has 0 spiro atoms. The highest BCUT2D eigenvalue weighted by Gasteiger charge is 2.28. The lowest BCUT2D eigenvalue weighted by molar-refractivity contribution is 0.0527. The van der Waals surface area contributed by atoms with Crippen LogP contribution in [0.1, 0.15) is 51.0 Å². The Labute approximate surface area is 175 Å². The van der Waals surface area contributed by atoms with Crippen molar-refractivity contribution >= 4 is 45.7 Å². The largest absolute Gasteiger partial charge is 0.462 e. The van der Waals surface area contributed by atoms with Crippen LogP contribution < -0.4 is 5.73 Å². The van der Waals surface area contributed by atoms with Crippen LogP contribution >= 0.6 is 23.1 Å². The summed E-state index contributed by atoms with van der Waals surface area (Å²) in [6.07, 6.45) is 0. The summed E-state index contributed by atoms with van der Waals surface area (Å²) in [5, 5.41) is 9.22. The molecule has 3 aromatic rings. The van der Waals surface area contributed by atoms with Crippen LogP contribution in [-0.4, -0.2) is 44.7 Å². The molecule has 0 unspecified atom stereocenters. The number of thioether (sulfide) groups is 1. The number of carbonyl (C=O) groups excluding carboxylic acids is 2. The number of aryl methyl sites for hydroxylation is 2. The Bertz CT molecular complexity index is 1080. The molecule has 0 amide bonds. The molecule has 154 valence electrons. The Morgan fingerprint density at radius 2 is 1.86 bits per heavy atom. The standard InChI is InChI=1S/C18H21N5O4S2/c1-5-26-16(24)13-11(14(29-15(13)19)17(25)27-6-2)8-28-18-22-21-12-7-9(3)20-10(4)23(12)18/h7H,5-6,8,19H2,1-4H3. The second-order valence-corrected chi connectivity index (χ2v) is 7.99. The van der Waals surface area contributed by atoms with E-state index in [4.69, 9.17) is 15.2 Å². The minimum atomic E-state index is -0.563. The van der Waals surface area contributed by atoms with Crippen LogP contribution in [0.4, 0.5) is 5.00 Å².